The molecule has 6 aromatic rings. The van der Waals surface area contributed by atoms with Gasteiger partial charge in [0.2, 0.25) is 65.0 Å². The van der Waals surface area contributed by atoms with Crippen LogP contribution in [0.3, 0.4) is 0 Å². The Morgan fingerprint density at radius 3 is 1.60 bits per heavy atom. The summed E-state index contributed by atoms with van der Waals surface area (Å²) in [6.07, 6.45) is 10.5. The van der Waals surface area contributed by atoms with Crippen molar-refractivity contribution in [3.05, 3.63) is 121 Å². The van der Waals surface area contributed by atoms with Crippen molar-refractivity contribution in [2.45, 2.75) is 119 Å². The Kier molecular flexibility index (Phi) is 22.9. The maximum Gasteiger partial charge on any atom is 0.305 e. The molecule has 0 aliphatic carbocycles. The Morgan fingerprint density at radius 1 is 0.615 bits per heavy atom. The van der Waals surface area contributed by atoms with Gasteiger partial charge in [-0.15, -0.1) is 0 Å². The molecule has 482 valence electrons. The highest BCUT2D eigenvalue weighted by Gasteiger charge is 2.39. The molecule has 1 fully saturated rings. The summed E-state index contributed by atoms with van der Waals surface area (Å²) in [4.78, 5) is 185. The number of carbonyl (C=O) groups excluding carboxylic acids is 11. The highest BCUT2D eigenvalue weighted by atomic mass is 16.4. The van der Waals surface area contributed by atoms with E-state index in [4.69, 9.17) is 11.5 Å². The van der Waals surface area contributed by atoms with Crippen LogP contribution in [0.15, 0.2) is 98.1 Å². The largest absolute Gasteiger partial charge is 0.481 e. The summed E-state index contributed by atoms with van der Waals surface area (Å²) >= 11 is 0. The Balaban J connectivity index is 1.01. The van der Waals surface area contributed by atoms with Gasteiger partial charge < -0.3 is 94.4 Å². The maximum absolute atomic E-state index is 14.7. The molecular weight excluding hydrogens is 1180 g/mol. The number of unbranched alkanes of at least 4 members (excludes halogenated alkanes) is 1. The maximum atomic E-state index is 14.7. The molecule has 0 saturated carbocycles. The minimum Gasteiger partial charge on any atom is -0.481 e. The van der Waals surface area contributed by atoms with E-state index in [1.54, 1.807) is 67.0 Å². The van der Waals surface area contributed by atoms with Crippen LogP contribution in [0.5, 0.6) is 0 Å². The quantitative estimate of drug-likeness (QED) is 0.0138. The van der Waals surface area contributed by atoms with Gasteiger partial charge in [0, 0.05) is 96.6 Å². The summed E-state index contributed by atoms with van der Waals surface area (Å²) < 4.78 is 0. The van der Waals surface area contributed by atoms with E-state index in [1.165, 1.54) is 36.0 Å². The number of carboxylic acid groups (broad SMARTS) is 1. The topological polar surface area (TPSA) is 498 Å². The van der Waals surface area contributed by atoms with Crippen LogP contribution < -0.4 is 59.3 Å². The number of nitrogens with two attached hydrogens (primary N) is 2. The van der Waals surface area contributed by atoms with Crippen LogP contribution in [0, 0.1) is 0 Å². The molecule has 32 heteroatoms. The van der Waals surface area contributed by atoms with E-state index in [0.717, 1.165) is 0 Å². The summed E-state index contributed by atoms with van der Waals surface area (Å²) in [5.74, 6) is -11.1. The first-order valence-corrected chi connectivity index (χ1v) is 29.3. The van der Waals surface area contributed by atoms with Gasteiger partial charge in [-0.1, -0.05) is 48.6 Å². The fourth-order valence-electron chi connectivity index (χ4n) is 10.6. The number of aliphatic hydroxyl groups excluding tert-OH is 1. The molecule has 2 aliphatic rings. The van der Waals surface area contributed by atoms with Crippen molar-refractivity contribution in [3.63, 3.8) is 0 Å². The van der Waals surface area contributed by atoms with Crippen LogP contribution in [0.25, 0.3) is 21.8 Å². The van der Waals surface area contributed by atoms with Gasteiger partial charge in [-0.2, -0.15) is 0 Å². The summed E-state index contributed by atoms with van der Waals surface area (Å²) in [6, 6.07) is 0.699. The van der Waals surface area contributed by atoms with E-state index in [-0.39, 0.29) is 63.2 Å². The smallest absolute Gasteiger partial charge is 0.305 e. The molecule has 2 aromatic carbocycles. The number of benzene rings is 2. The second-order valence-corrected chi connectivity index (χ2v) is 21.9. The van der Waals surface area contributed by atoms with Crippen molar-refractivity contribution in [2.75, 3.05) is 26.2 Å². The van der Waals surface area contributed by atoms with Gasteiger partial charge in [-0.3, -0.25) is 57.5 Å². The van der Waals surface area contributed by atoms with Crippen LogP contribution in [-0.4, -0.2) is 197 Å². The average Bonchev–Trinajstić information content (AvgIpc) is 1.91. The summed E-state index contributed by atoms with van der Waals surface area (Å²) in [7, 11) is 0. The van der Waals surface area contributed by atoms with Crippen molar-refractivity contribution in [1.82, 2.24) is 82.7 Å². The lowest BCUT2D eigenvalue weighted by molar-refractivity contribution is -0.142. The van der Waals surface area contributed by atoms with Crippen LogP contribution in [-0.2, 0) is 83.2 Å². The van der Waals surface area contributed by atoms with Crippen LogP contribution in [0.1, 0.15) is 61.0 Å². The van der Waals surface area contributed by atoms with Crippen molar-refractivity contribution >= 4 is 92.8 Å². The van der Waals surface area contributed by atoms with E-state index >= 15 is 0 Å². The number of carbonyl (C=O) groups is 12. The van der Waals surface area contributed by atoms with Gasteiger partial charge in [0.05, 0.1) is 32.2 Å². The van der Waals surface area contributed by atoms with E-state index in [0.29, 0.717) is 51.5 Å². The Hall–Kier alpha value is -10.8. The van der Waals surface area contributed by atoms with Crippen LogP contribution >= 0.6 is 0 Å². The molecule has 4 aromatic heterocycles. The highest BCUT2D eigenvalue weighted by Crippen LogP contribution is 2.22. The van der Waals surface area contributed by atoms with E-state index in [2.05, 4.69) is 77.8 Å². The standard InChI is InChI=1S/C59H72N18O14/c60-16-6-5-12-40(59(91)77-17-7-13-47(77)58(90)66-27-48(61)79)70-52(84)41(18-31-23-64-37-10-3-1-8-35(31)37)72-56(88)45(22-50(81)82)75-55(87)44(21-34-26-63-30-68-34)74-57(89)46(28-78)76-53(85)42(19-32-24-65-38-11-4-2-9-36(32)38)71-54(86)43(20-33-25-62-29-67-33)73-51(83)39-14-15-49(80)69-39/h1-4,7-11,13,23-26,29-30,39-47,64-65,78H,5-6,12,14-22,27-28,60H2,(H2,61,79)(H,62,67)(H,63,68)(H,66,90)(H,69,80)(H,70,84)(H,71,86)(H,72,88)(H,73,83)(H,74,89)(H,75,87)(H,76,85)(H,81,82)/t39-,40-,41-,42-,43-,44-,45-,46-,47-/m0/s1. The number of aliphatic carboxylic acids is 1. The zero-order chi connectivity index (χ0) is 65.1. The summed E-state index contributed by atoms with van der Waals surface area (Å²) in [6.45, 7) is -1.40. The molecule has 19 N–H and O–H groups in total. The lowest BCUT2D eigenvalue weighted by Crippen LogP contribution is -2.61. The minimum absolute atomic E-state index is 0.0183. The van der Waals surface area contributed by atoms with Gasteiger partial charge in [0.15, 0.2) is 0 Å². The number of carboxylic acids is 1. The van der Waals surface area contributed by atoms with Crippen molar-refractivity contribution < 1.29 is 67.7 Å². The minimum atomic E-state index is -1.97. The summed E-state index contributed by atoms with van der Waals surface area (Å²) in [5.41, 5.74) is 14.1. The van der Waals surface area contributed by atoms with Gasteiger partial charge in [-0.25, -0.2) is 9.97 Å². The second-order valence-electron chi connectivity index (χ2n) is 21.9. The zero-order valence-electron chi connectivity index (χ0n) is 49.1. The number of fused-ring (bicyclic) bond motifs is 2. The Bertz CT molecular complexity index is 3640. The Labute approximate surface area is 518 Å². The number of para-hydroxylation sites is 2. The molecule has 0 radical (unpaired) electrons. The second kappa shape index (κ2) is 31.4. The molecule has 11 amide bonds. The molecule has 2 aliphatic heterocycles. The monoisotopic (exact) mass is 1260 g/mol. The molecule has 9 atom stereocenters. The molecule has 91 heavy (non-hydrogen) atoms. The van der Waals surface area contributed by atoms with E-state index in [9.17, 15) is 67.7 Å². The highest BCUT2D eigenvalue weighted by molar-refractivity contribution is 6.01. The number of H-pyrrole nitrogens is 4. The fraction of sp³-hybridized carbons (Fsp3) is 0.390. The number of aliphatic hydroxyl groups is 1. The van der Waals surface area contributed by atoms with E-state index < -0.39 is 145 Å². The van der Waals surface area contributed by atoms with E-state index in [1.807, 2.05) is 0 Å². The number of aromatic amines is 4. The average molecular weight is 1260 g/mol. The first-order valence-electron chi connectivity index (χ1n) is 29.3. The zero-order valence-corrected chi connectivity index (χ0v) is 49.1. The van der Waals surface area contributed by atoms with Crippen LogP contribution in [0.2, 0.25) is 0 Å². The molecule has 0 bridgehead atoms. The van der Waals surface area contributed by atoms with Crippen molar-refractivity contribution in [2.24, 2.45) is 11.5 Å². The van der Waals surface area contributed by atoms with Gasteiger partial charge in [-0.05, 0) is 55.5 Å². The number of amides is 11. The number of primary amides is 1. The molecule has 6 heterocycles. The van der Waals surface area contributed by atoms with Crippen molar-refractivity contribution in [3.8, 4) is 0 Å². The first-order chi connectivity index (χ1) is 43.8. The lowest BCUT2D eigenvalue weighted by atomic mass is 10.0. The van der Waals surface area contributed by atoms with Crippen LogP contribution in [0.4, 0.5) is 0 Å². The van der Waals surface area contributed by atoms with Crippen molar-refractivity contribution in [1.29, 1.82) is 0 Å². The molecule has 32 nitrogen and oxygen atoms in total. The molecule has 0 unspecified atom stereocenters. The normalized spacial score (nSPS) is 16.7. The number of nitrogens with one attached hydrogen (secondary N) is 13. The Morgan fingerprint density at radius 2 is 1.11 bits per heavy atom. The predicted molar refractivity (Wildman–Crippen MR) is 322 cm³/mol. The molecule has 0 spiro atoms. The molecule has 1 saturated heterocycles. The summed E-state index contributed by atoms with van der Waals surface area (Å²) in [5, 5.41) is 45.1. The number of nitrogens with zero attached hydrogens (tertiary/aromatic N) is 3. The van der Waals surface area contributed by atoms with Gasteiger partial charge in [0.25, 0.3) is 0 Å². The number of rotatable bonds is 33. The third kappa shape index (κ3) is 18.0. The predicted octanol–water partition coefficient (Wildman–Crippen LogP) is -4.00. The fourth-order valence-corrected chi connectivity index (χ4v) is 10.6. The number of imidazole rings is 2. The SMILES string of the molecule is NCCCC[C@H](NC(=O)[C@H](Cc1c[nH]c2ccccc12)NC(=O)[C@H](CC(=O)O)NC(=O)[C@H](Cc1cnc[nH]1)NC(=O)[C@H](CO)NC(=O)[C@H](Cc1c[nH]c2ccccc12)NC(=O)[C@H](Cc1cnc[nH]1)NC(=O)[C@@H]1CCC(=O)N1)C(=O)N1CC=C[C@H]1C(=O)NCC(N)=O. The first kappa shape index (κ1) is 66.2. The molecular formula is C59H72N18O14. The lowest BCUT2D eigenvalue weighted by Gasteiger charge is -2.30. The number of aromatic nitrogens is 6. The number of hydrogen-bond acceptors (Lipinski definition) is 16. The van der Waals surface area contributed by atoms with Gasteiger partial charge >= 0.3 is 5.97 Å². The molecule has 8 rings (SSSR count). The third-order valence-corrected chi connectivity index (χ3v) is 15.3. The number of hydrogen-bond donors (Lipinski definition) is 17. The third-order valence-electron chi connectivity index (χ3n) is 15.3. The van der Waals surface area contributed by atoms with Gasteiger partial charge in [0.1, 0.15) is 54.4 Å².